The maximum Gasteiger partial charge on any atom is 0.276 e. The first-order valence-electron chi connectivity index (χ1n) is 6.06. The SMILES string of the molecule is CCNc1ccnc(C(=O)Nc2nnc(CC)s2)c1. The van der Waals surface area contributed by atoms with Crippen molar-refractivity contribution in [3.8, 4) is 0 Å². The molecule has 0 spiro atoms. The first kappa shape index (κ1) is 13.4. The Hall–Kier alpha value is -2.02. The highest BCUT2D eigenvalue weighted by atomic mass is 32.1. The van der Waals surface area contributed by atoms with Gasteiger partial charge in [0.1, 0.15) is 10.7 Å². The predicted octanol–water partition coefficient (Wildman–Crippen LogP) is 2.18. The number of anilines is 2. The average Bonchev–Trinajstić information content (AvgIpc) is 2.87. The Morgan fingerprint density at radius 1 is 1.37 bits per heavy atom. The summed E-state index contributed by atoms with van der Waals surface area (Å²) in [6.07, 6.45) is 2.41. The van der Waals surface area contributed by atoms with Crippen molar-refractivity contribution in [2.45, 2.75) is 20.3 Å². The highest BCUT2D eigenvalue weighted by molar-refractivity contribution is 7.15. The summed E-state index contributed by atoms with van der Waals surface area (Å²) < 4.78 is 0. The number of hydrogen-bond donors (Lipinski definition) is 2. The lowest BCUT2D eigenvalue weighted by molar-refractivity contribution is 0.102. The van der Waals surface area contributed by atoms with Gasteiger partial charge < -0.3 is 5.32 Å². The van der Waals surface area contributed by atoms with Gasteiger partial charge in [0.15, 0.2) is 0 Å². The van der Waals surface area contributed by atoms with Crippen molar-refractivity contribution in [3.05, 3.63) is 29.0 Å². The number of carbonyl (C=O) groups excluding carboxylic acids is 1. The fourth-order valence-electron chi connectivity index (χ4n) is 1.48. The smallest absolute Gasteiger partial charge is 0.276 e. The lowest BCUT2D eigenvalue weighted by Crippen LogP contribution is -2.14. The number of rotatable bonds is 5. The summed E-state index contributed by atoms with van der Waals surface area (Å²) >= 11 is 1.37. The van der Waals surface area contributed by atoms with E-state index < -0.39 is 0 Å². The normalized spacial score (nSPS) is 10.2. The molecule has 0 aliphatic heterocycles. The zero-order valence-electron chi connectivity index (χ0n) is 10.8. The topological polar surface area (TPSA) is 79.8 Å². The molecule has 0 unspecified atom stereocenters. The number of pyridine rings is 1. The van der Waals surface area contributed by atoms with Crippen LogP contribution in [0.1, 0.15) is 29.3 Å². The van der Waals surface area contributed by atoms with Crippen molar-refractivity contribution < 1.29 is 4.79 Å². The number of amides is 1. The van der Waals surface area contributed by atoms with Crippen molar-refractivity contribution in [2.75, 3.05) is 17.2 Å². The molecule has 7 heteroatoms. The molecule has 0 aliphatic rings. The molecular formula is C12H15N5OS. The molecule has 0 aromatic carbocycles. The van der Waals surface area contributed by atoms with Gasteiger partial charge in [-0.3, -0.25) is 15.1 Å². The van der Waals surface area contributed by atoms with Crippen LogP contribution in [0.15, 0.2) is 18.3 Å². The van der Waals surface area contributed by atoms with E-state index in [1.54, 1.807) is 12.3 Å². The van der Waals surface area contributed by atoms with Gasteiger partial charge in [0.25, 0.3) is 5.91 Å². The molecule has 2 aromatic rings. The van der Waals surface area contributed by atoms with Gasteiger partial charge >= 0.3 is 0 Å². The summed E-state index contributed by atoms with van der Waals surface area (Å²) in [6.45, 7) is 4.78. The van der Waals surface area contributed by atoms with Crippen LogP contribution in [0.25, 0.3) is 0 Å². The standard InChI is InChI=1S/C12H15N5OS/c1-3-10-16-17-12(19-10)15-11(18)9-7-8(13-4-2)5-6-14-9/h5-7H,3-4H2,1-2H3,(H,13,14)(H,15,17,18). The molecule has 100 valence electrons. The van der Waals surface area contributed by atoms with E-state index in [2.05, 4.69) is 25.8 Å². The maximum atomic E-state index is 12.0. The molecule has 0 aliphatic carbocycles. The van der Waals surface area contributed by atoms with E-state index in [-0.39, 0.29) is 5.91 Å². The quantitative estimate of drug-likeness (QED) is 0.875. The number of aromatic nitrogens is 3. The van der Waals surface area contributed by atoms with Gasteiger partial charge in [0, 0.05) is 18.4 Å². The van der Waals surface area contributed by atoms with Crippen molar-refractivity contribution >= 4 is 28.1 Å². The Morgan fingerprint density at radius 2 is 2.21 bits per heavy atom. The number of nitrogens with zero attached hydrogens (tertiary/aromatic N) is 3. The van der Waals surface area contributed by atoms with Crippen LogP contribution in [0.5, 0.6) is 0 Å². The number of nitrogens with one attached hydrogen (secondary N) is 2. The van der Waals surface area contributed by atoms with Crippen LogP contribution >= 0.6 is 11.3 Å². The number of carbonyl (C=O) groups is 1. The van der Waals surface area contributed by atoms with E-state index in [9.17, 15) is 4.79 Å². The molecule has 0 saturated carbocycles. The first-order chi connectivity index (χ1) is 9.22. The number of aryl methyl sites for hydroxylation is 1. The second kappa shape index (κ2) is 6.24. The molecule has 0 radical (unpaired) electrons. The van der Waals surface area contributed by atoms with Crippen LogP contribution in [-0.2, 0) is 6.42 Å². The fraction of sp³-hybridized carbons (Fsp3) is 0.333. The first-order valence-corrected chi connectivity index (χ1v) is 6.88. The maximum absolute atomic E-state index is 12.0. The van der Waals surface area contributed by atoms with Crippen LogP contribution in [-0.4, -0.2) is 27.6 Å². The van der Waals surface area contributed by atoms with Crippen LogP contribution in [0, 0.1) is 0 Å². The van der Waals surface area contributed by atoms with Gasteiger partial charge in [0.2, 0.25) is 5.13 Å². The summed E-state index contributed by atoms with van der Waals surface area (Å²) in [5.41, 5.74) is 1.22. The molecule has 2 N–H and O–H groups in total. The minimum absolute atomic E-state index is 0.279. The van der Waals surface area contributed by atoms with Crippen LogP contribution < -0.4 is 10.6 Å². The van der Waals surface area contributed by atoms with Crippen LogP contribution in [0.3, 0.4) is 0 Å². The van der Waals surface area contributed by atoms with E-state index in [1.165, 1.54) is 11.3 Å². The highest BCUT2D eigenvalue weighted by Crippen LogP contribution is 2.16. The Balaban J connectivity index is 2.08. The lowest BCUT2D eigenvalue weighted by Gasteiger charge is -2.04. The van der Waals surface area contributed by atoms with E-state index >= 15 is 0 Å². The highest BCUT2D eigenvalue weighted by Gasteiger charge is 2.11. The molecule has 19 heavy (non-hydrogen) atoms. The van der Waals surface area contributed by atoms with Crippen LogP contribution in [0.4, 0.5) is 10.8 Å². The molecule has 2 heterocycles. The summed E-state index contributed by atoms with van der Waals surface area (Å²) in [7, 11) is 0. The van der Waals surface area contributed by atoms with E-state index in [1.807, 2.05) is 19.9 Å². The Labute approximate surface area is 115 Å². The molecule has 0 atom stereocenters. The van der Waals surface area contributed by atoms with Crippen molar-refractivity contribution in [1.82, 2.24) is 15.2 Å². The second-order valence-corrected chi connectivity index (χ2v) is 4.83. The Kier molecular flexibility index (Phi) is 4.40. The summed E-state index contributed by atoms with van der Waals surface area (Å²) in [5, 5.41) is 15.1. The van der Waals surface area contributed by atoms with Gasteiger partial charge in [-0.05, 0) is 25.5 Å². The zero-order chi connectivity index (χ0) is 13.7. The monoisotopic (exact) mass is 277 g/mol. The molecular weight excluding hydrogens is 262 g/mol. The van der Waals surface area contributed by atoms with Crippen molar-refractivity contribution in [3.63, 3.8) is 0 Å². The second-order valence-electron chi connectivity index (χ2n) is 3.77. The fourth-order valence-corrected chi connectivity index (χ4v) is 2.15. The molecule has 0 saturated heterocycles. The molecule has 1 amide bonds. The minimum Gasteiger partial charge on any atom is -0.385 e. The third kappa shape index (κ3) is 3.47. The van der Waals surface area contributed by atoms with Crippen LogP contribution in [0.2, 0.25) is 0 Å². The summed E-state index contributed by atoms with van der Waals surface area (Å²) in [6, 6.07) is 3.53. The Bertz CT molecular complexity index is 569. The molecule has 6 nitrogen and oxygen atoms in total. The van der Waals surface area contributed by atoms with Gasteiger partial charge in [-0.2, -0.15) is 0 Å². The number of hydrogen-bond acceptors (Lipinski definition) is 6. The molecule has 0 fully saturated rings. The molecule has 2 aromatic heterocycles. The lowest BCUT2D eigenvalue weighted by atomic mass is 10.3. The van der Waals surface area contributed by atoms with Gasteiger partial charge in [0.05, 0.1) is 0 Å². The zero-order valence-corrected chi connectivity index (χ0v) is 11.6. The average molecular weight is 277 g/mol. The third-order valence-electron chi connectivity index (χ3n) is 2.36. The largest absolute Gasteiger partial charge is 0.385 e. The molecule has 0 bridgehead atoms. The molecule has 2 rings (SSSR count). The third-order valence-corrected chi connectivity index (χ3v) is 3.35. The summed E-state index contributed by atoms with van der Waals surface area (Å²) in [5.74, 6) is -0.279. The van der Waals surface area contributed by atoms with E-state index in [0.717, 1.165) is 23.7 Å². The van der Waals surface area contributed by atoms with Gasteiger partial charge in [-0.15, -0.1) is 10.2 Å². The van der Waals surface area contributed by atoms with E-state index in [4.69, 9.17) is 0 Å². The van der Waals surface area contributed by atoms with Gasteiger partial charge in [-0.1, -0.05) is 18.3 Å². The predicted molar refractivity (Wildman–Crippen MR) is 75.6 cm³/mol. The Morgan fingerprint density at radius 3 is 2.89 bits per heavy atom. The summed E-state index contributed by atoms with van der Waals surface area (Å²) in [4.78, 5) is 16.1. The van der Waals surface area contributed by atoms with Gasteiger partial charge in [-0.25, -0.2) is 0 Å². The minimum atomic E-state index is -0.279. The van der Waals surface area contributed by atoms with Crippen molar-refractivity contribution in [1.29, 1.82) is 0 Å². The van der Waals surface area contributed by atoms with E-state index in [0.29, 0.717) is 10.8 Å². The van der Waals surface area contributed by atoms with Crippen molar-refractivity contribution in [2.24, 2.45) is 0 Å².